The van der Waals surface area contributed by atoms with Gasteiger partial charge in [0.25, 0.3) is 0 Å². The standard InChI is InChI=1S/C13H14BrClIN2O2P/c1-20-12(19)5-3-2-4-8-10(15)6-11-9(13(8)14)7-17-18(11)21-16/h6-7,21H,2-5H2,1H3. The molecule has 2 rings (SSSR count). The summed E-state index contributed by atoms with van der Waals surface area (Å²) in [7, 11) is 1.41. The fraction of sp³-hybridized carbons (Fsp3) is 0.385. The van der Waals surface area contributed by atoms with Crippen LogP contribution in [-0.2, 0) is 16.0 Å². The van der Waals surface area contributed by atoms with E-state index in [1.165, 1.54) is 7.11 Å². The molecule has 0 saturated carbocycles. The SMILES string of the molecule is COC(=O)CCCCc1c(Cl)cc2c(cnn2PI)c1Br. The number of carbonyl (C=O) groups excluding carboxylic acids is 1. The predicted octanol–water partition coefficient (Wildman–Crippen LogP) is 5.13. The van der Waals surface area contributed by atoms with E-state index in [0.29, 0.717) is 12.8 Å². The maximum absolute atomic E-state index is 11.1. The van der Waals surface area contributed by atoms with Crippen LogP contribution in [0.4, 0.5) is 0 Å². The van der Waals surface area contributed by atoms with Crippen molar-refractivity contribution in [1.29, 1.82) is 0 Å². The van der Waals surface area contributed by atoms with E-state index >= 15 is 0 Å². The van der Waals surface area contributed by atoms with Crippen molar-refractivity contribution in [3.8, 4) is 0 Å². The van der Waals surface area contributed by atoms with Gasteiger partial charge in [0.1, 0.15) is 0 Å². The van der Waals surface area contributed by atoms with Gasteiger partial charge in [0.05, 0.1) is 25.2 Å². The van der Waals surface area contributed by atoms with Crippen molar-refractivity contribution >= 4 is 72.8 Å². The molecule has 1 aromatic carbocycles. The minimum absolute atomic E-state index is 0.167. The van der Waals surface area contributed by atoms with E-state index in [1.807, 2.05) is 16.7 Å². The highest BCUT2D eigenvalue weighted by Gasteiger charge is 2.14. The van der Waals surface area contributed by atoms with Gasteiger partial charge < -0.3 is 4.74 Å². The monoisotopic (exact) mass is 502 g/mol. The highest BCUT2D eigenvalue weighted by molar-refractivity contribution is 14.2. The topological polar surface area (TPSA) is 44.1 Å². The summed E-state index contributed by atoms with van der Waals surface area (Å²) in [6.45, 7) is 0. The Morgan fingerprint density at radius 2 is 2.33 bits per heavy atom. The van der Waals surface area contributed by atoms with E-state index in [9.17, 15) is 4.79 Å². The maximum Gasteiger partial charge on any atom is 0.305 e. The third kappa shape index (κ3) is 4.09. The second-order valence-electron chi connectivity index (χ2n) is 4.51. The molecular formula is C13H14BrClIN2O2P. The Morgan fingerprint density at radius 3 is 3.00 bits per heavy atom. The minimum atomic E-state index is -0.167. The summed E-state index contributed by atoms with van der Waals surface area (Å²) in [4.78, 5) is 11.1. The Morgan fingerprint density at radius 1 is 1.57 bits per heavy atom. The van der Waals surface area contributed by atoms with E-state index in [4.69, 9.17) is 11.6 Å². The summed E-state index contributed by atoms with van der Waals surface area (Å²) in [5.74, 6) is -0.167. The molecule has 0 N–H and O–H groups in total. The molecule has 2 aromatic rings. The number of benzene rings is 1. The quantitative estimate of drug-likeness (QED) is 0.238. The third-order valence-corrected chi connectivity index (χ3v) is 6.36. The number of aromatic nitrogens is 2. The lowest BCUT2D eigenvalue weighted by atomic mass is 10.1. The Bertz CT molecular complexity index is 665. The average Bonchev–Trinajstić information content (AvgIpc) is 2.88. The van der Waals surface area contributed by atoms with Crippen molar-refractivity contribution in [2.24, 2.45) is 0 Å². The van der Waals surface area contributed by atoms with Crippen molar-refractivity contribution in [2.75, 3.05) is 7.11 Å². The van der Waals surface area contributed by atoms with Gasteiger partial charge in [-0.15, -0.1) is 0 Å². The van der Waals surface area contributed by atoms with Crippen LogP contribution in [0.25, 0.3) is 10.9 Å². The zero-order valence-corrected chi connectivity index (χ0v) is 16.8. The number of halogens is 3. The fourth-order valence-corrected chi connectivity index (χ4v) is 4.76. The number of carbonyl (C=O) groups is 1. The van der Waals surface area contributed by atoms with Crippen molar-refractivity contribution < 1.29 is 9.53 Å². The molecule has 0 amide bonds. The van der Waals surface area contributed by atoms with Gasteiger partial charge in [-0.2, -0.15) is 5.10 Å². The molecular weight excluding hydrogens is 489 g/mol. The molecule has 0 radical (unpaired) electrons. The molecule has 0 aliphatic rings. The molecule has 0 fully saturated rings. The highest BCUT2D eigenvalue weighted by Crippen LogP contribution is 2.37. The first-order valence-corrected chi connectivity index (χ1v) is 11.6. The van der Waals surface area contributed by atoms with E-state index in [2.05, 4.69) is 47.8 Å². The van der Waals surface area contributed by atoms with Crippen molar-refractivity contribution in [1.82, 2.24) is 9.55 Å². The lowest BCUT2D eigenvalue weighted by Gasteiger charge is -2.09. The van der Waals surface area contributed by atoms with Crippen LogP contribution in [0.1, 0.15) is 24.8 Å². The predicted molar refractivity (Wildman–Crippen MR) is 99.7 cm³/mol. The van der Waals surface area contributed by atoms with Crippen LogP contribution in [-0.4, -0.2) is 22.6 Å². The van der Waals surface area contributed by atoms with E-state index in [-0.39, 0.29) is 5.97 Å². The lowest BCUT2D eigenvalue weighted by Crippen LogP contribution is -2.00. The second-order valence-corrected chi connectivity index (χ2v) is 7.75. The first-order valence-electron chi connectivity index (χ1n) is 6.36. The Labute approximate surface area is 151 Å². The molecule has 21 heavy (non-hydrogen) atoms. The molecule has 0 aliphatic heterocycles. The number of methoxy groups -OCH3 is 1. The molecule has 8 heteroatoms. The van der Waals surface area contributed by atoms with Crippen LogP contribution in [0.2, 0.25) is 5.02 Å². The van der Waals surface area contributed by atoms with Crippen LogP contribution in [0.5, 0.6) is 0 Å². The molecule has 1 atom stereocenters. The summed E-state index contributed by atoms with van der Waals surface area (Å²) < 4.78 is 7.58. The summed E-state index contributed by atoms with van der Waals surface area (Å²) in [6, 6.07) is 1.97. The summed E-state index contributed by atoms with van der Waals surface area (Å²) in [5.41, 5.74) is 2.11. The molecule has 1 aromatic heterocycles. The second kappa shape index (κ2) is 8.09. The molecule has 4 nitrogen and oxygen atoms in total. The Balaban J connectivity index is 2.15. The van der Waals surface area contributed by atoms with Crippen LogP contribution >= 0.6 is 55.9 Å². The molecule has 0 saturated heterocycles. The smallest absolute Gasteiger partial charge is 0.305 e. The van der Waals surface area contributed by atoms with Crippen molar-refractivity contribution in [3.63, 3.8) is 0 Å². The van der Waals surface area contributed by atoms with Crippen LogP contribution in [0.15, 0.2) is 16.7 Å². The van der Waals surface area contributed by atoms with Crippen LogP contribution < -0.4 is 0 Å². The summed E-state index contributed by atoms with van der Waals surface area (Å²) in [5, 5.41) is 6.17. The molecule has 0 bridgehead atoms. The number of nitrogens with zero attached hydrogens (tertiary/aromatic N) is 2. The number of hydrogen-bond acceptors (Lipinski definition) is 3. The van der Waals surface area contributed by atoms with Gasteiger partial charge in [0, 0.05) is 21.3 Å². The van der Waals surface area contributed by atoms with Gasteiger partial charge in [-0.25, -0.2) is 4.45 Å². The number of ether oxygens (including phenoxy) is 1. The molecule has 0 spiro atoms. The van der Waals surface area contributed by atoms with Gasteiger partial charge in [-0.05, 0) is 68.9 Å². The number of unbranched alkanes of at least 4 members (excludes halogenated alkanes) is 1. The number of fused-ring (bicyclic) bond motifs is 1. The first-order chi connectivity index (χ1) is 10.1. The normalized spacial score (nSPS) is 11.6. The molecule has 1 heterocycles. The fourth-order valence-electron chi connectivity index (χ4n) is 2.11. The van der Waals surface area contributed by atoms with Gasteiger partial charge in [-0.3, -0.25) is 4.79 Å². The average molecular weight is 504 g/mol. The van der Waals surface area contributed by atoms with Crippen LogP contribution in [0, 0.1) is 0 Å². The highest BCUT2D eigenvalue weighted by atomic mass is 127. The van der Waals surface area contributed by atoms with Gasteiger partial charge in [0.2, 0.25) is 0 Å². The zero-order valence-electron chi connectivity index (χ0n) is 11.3. The van der Waals surface area contributed by atoms with Gasteiger partial charge >= 0.3 is 5.97 Å². The summed E-state index contributed by atoms with van der Waals surface area (Å²) in [6.07, 6.45) is 5.35. The Kier molecular flexibility index (Phi) is 6.72. The van der Waals surface area contributed by atoms with Crippen molar-refractivity contribution in [2.45, 2.75) is 25.7 Å². The number of esters is 1. The van der Waals surface area contributed by atoms with Gasteiger partial charge in [0.15, 0.2) is 0 Å². The Hall–Kier alpha value is 0.0900. The first kappa shape index (κ1) is 17.4. The molecule has 114 valence electrons. The minimum Gasteiger partial charge on any atom is -0.469 e. The third-order valence-electron chi connectivity index (χ3n) is 3.22. The number of hydrogen-bond donors (Lipinski definition) is 0. The van der Waals surface area contributed by atoms with E-state index in [1.54, 1.807) is 0 Å². The largest absolute Gasteiger partial charge is 0.469 e. The molecule has 0 aliphatic carbocycles. The van der Waals surface area contributed by atoms with Gasteiger partial charge in [-0.1, -0.05) is 11.6 Å². The zero-order chi connectivity index (χ0) is 15.4. The lowest BCUT2D eigenvalue weighted by molar-refractivity contribution is -0.140. The number of rotatable bonds is 6. The maximum atomic E-state index is 11.1. The molecule has 1 unspecified atom stereocenters. The van der Waals surface area contributed by atoms with E-state index < -0.39 is 0 Å². The van der Waals surface area contributed by atoms with Crippen LogP contribution in [0.3, 0.4) is 0 Å². The summed E-state index contributed by atoms with van der Waals surface area (Å²) >= 11 is 12.3. The van der Waals surface area contributed by atoms with E-state index in [0.717, 1.165) is 45.2 Å². The van der Waals surface area contributed by atoms with Crippen molar-refractivity contribution in [3.05, 3.63) is 27.3 Å².